The summed E-state index contributed by atoms with van der Waals surface area (Å²) in [5.74, 6) is -0.436. The summed E-state index contributed by atoms with van der Waals surface area (Å²) in [6.07, 6.45) is 2.41. The number of non-ortho nitro benzene ring substituents is 1. The molecule has 102 valence electrons. The van der Waals surface area contributed by atoms with E-state index in [2.05, 4.69) is 4.90 Å². The Morgan fingerprint density at radius 2 is 1.89 bits per heavy atom. The van der Waals surface area contributed by atoms with E-state index < -0.39 is 10.9 Å². The third-order valence-corrected chi connectivity index (χ3v) is 3.15. The van der Waals surface area contributed by atoms with Gasteiger partial charge in [-0.05, 0) is 38.1 Å². The van der Waals surface area contributed by atoms with Crippen LogP contribution in [0.4, 0.5) is 5.69 Å². The van der Waals surface area contributed by atoms with Gasteiger partial charge in [0, 0.05) is 18.7 Å². The SMILES string of the molecule is O=C(OCCN1CCCC1)c1ccc([N+](=O)[O-])cc1. The molecule has 1 aromatic carbocycles. The van der Waals surface area contributed by atoms with Crippen LogP contribution in [0, 0.1) is 10.1 Å². The monoisotopic (exact) mass is 264 g/mol. The fourth-order valence-electron chi connectivity index (χ4n) is 2.08. The van der Waals surface area contributed by atoms with Gasteiger partial charge in [-0.3, -0.25) is 15.0 Å². The van der Waals surface area contributed by atoms with E-state index in [4.69, 9.17) is 4.74 Å². The van der Waals surface area contributed by atoms with Crippen molar-refractivity contribution in [1.29, 1.82) is 0 Å². The van der Waals surface area contributed by atoms with Crippen LogP contribution >= 0.6 is 0 Å². The largest absolute Gasteiger partial charge is 0.461 e. The predicted molar refractivity (Wildman–Crippen MR) is 69.1 cm³/mol. The Morgan fingerprint density at radius 3 is 2.47 bits per heavy atom. The first kappa shape index (κ1) is 13.5. The maximum atomic E-state index is 11.7. The third kappa shape index (κ3) is 3.75. The molecule has 1 saturated heterocycles. The number of likely N-dealkylation sites (tertiary alicyclic amines) is 1. The molecule has 0 amide bonds. The van der Waals surface area contributed by atoms with Gasteiger partial charge in [-0.25, -0.2) is 4.79 Å². The minimum Gasteiger partial charge on any atom is -0.461 e. The summed E-state index contributed by atoms with van der Waals surface area (Å²) in [5, 5.41) is 10.5. The molecule has 0 N–H and O–H groups in total. The van der Waals surface area contributed by atoms with Crippen molar-refractivity contribution < 1.29 is 14.5 Å². The standard InChI is InChI=1S/C13H16N2O4/c16-13(19-10-9-14-7-1-2-8-14)11-3-5-12(6-4-11)15(17)18/h3-6H,1-2,7-10H2. The van der Waals surface area contributed by atoms with Crippen LogP contribution in [-0.2, 0) is 4.74 Å². The number of carbonyl (C=O) groups excluding carboxylic acids is 1. The molecule has 0 atom stereocenters. The van der Waals surface area contributed by atoms with E-state index in [1.54, 1.807) is 0 Å². The number of nitro groups is 1. The zero-order chi connectivity index (χ0) is 13.7. The number of carbonyl (C=O) groups is 1. The Hall–Kier alpha value is -1.95. The summed E-state index contributed by atoms with van der Waals surface area (Å²) in [7, 11) is 0. The van der Waals surface area contributed by atoms with E-state index in [0.717, 1.165) is 19.6 Å². The molecule has 6 nitrogen and oxygen atoms in total. The summed E-state index contributed by atoms with van der Waals surface area (Å²) in [6.45, 7) is 3.23. The maximum Gasteiger partial charge on any atom is 0.338 e. The van der Waals surface area contributed by atoms with E-state index in [1.807, 2.05) is 0 Å². The fraction of sp³-hybridized carbons (Fsp3) is 0.462. The number of rotatable bonds is 5. The molecule has 19 heavy (non-hydrogen) atoms. The Labute approximate surface area is 111 Å². The second-order valence-corrected chi connectivity index (χ2v) is 4.49. The first-order chi connectivity index (χ1) is 9.16. The maximum absolute atomic E-state index is 11.7. The number of ether oxygens (including phenoxy) is 1. The summed E-state index contributed by atoms with van der Waals surface area (Å²) in [4.78, 5) is 23.9. The minimum absolute atomic E-state index is 0.0337. The molecule has 1 aromatic rings. The van der Waals surface area contributed by atoms with Crippen molar-refractivity contribution >= 4 is 11.7 Å². The van der Waals surface area contributed by atoms with Gasteiger partial charge in [0.15, 0.2) is 0 Å². The van der Waals surface area contributed by atoms with Crippen LogP contribution < -0.4 is 0 Å². The summed E-state index contributed by atoms with van der Waals surface area (Å²) in [6, 6.07) is 5.43. The first-order valence-electron chi connectivity index (χ1n) is 6.31. The van der Waals surface area contributed by atoms with Crippen molar-refractivity contribution in [3.8, 4) is 0 Å². The molecule has 0 radical (unpaired) electrons. The van der Waals surface area contributed by atoms with Crippen molar-refractivity contribution in [2.45, 2.75) is 12.8 Å². The number of nitrogens with zero attached hydrogens (tertiary/aromatic N) is 2. The zero-order valence-electron chi connectivity index (χ0n) is 10.6. The first-order valence-corrected chi connectivity index (χ1v) is 6.31. The topological polar surface area (TPSA) is 72.7 Å². The lowest BCUT2D eigenvalue weighted by atomic mass is 10.2. The molecule has 2 rings (SSSR count). The average Bonchev–Trinajstić information content (AvgIpc) is 2.92. The van der Waals surface area contributed by atoms with E-state index in [0.29, 0.717) is 12.2 Å². The van der Waals surface area contributed by atoms with Gasteiger partial charge in [-0.2, -0.15) is 0 Å². The molecule has 1 aliphatic heterocycles. The molecule has 0 unspecified atom stereocenters. The van der Waals surface area contributed by atoms with E-state index in [-0.39, 0.29) is 5.69 Å². The van der Waals surface area contributed by atoms with Gasteiger partial charge in [0.25, 0.3) is 5.69 Å². The third-order valence-electron chi connectivity index (χ3n) is 3.15. The number of benzene rings is 1. The second-order valence-electron chi connectivity index (χ2n) is 4.49. The lowest BCUT2D eigenvalue weighted by Gasteiger charge is -2.14. The predicted octanol–water partition coefficient (Wildman–Crippen LogP) is 1.85. The molecule has 0 aliphatic carbocycles. The number of hydrogen-bond donors (Lipinski definition) is 0. The van der Waals surface area contributed by atoms with Gasteiger partial charge in [0.05, 0.1) is 10.5 Å². The summed E-state index contributed by atoms with van der Waals surface area (Å²) in [5.41, 5.74) is 0.306. The molecule has 0 bridgehead atoms. The number of hydrogen-bond acceptors (Lipinski definition) is 5. The highest BCUT2D eigenvalue weighted by Crippen LogP contribution is 2.13. The Morgan fingerprint density at radius 1 is 1.26 bits per heavy atom. The molecule has 0 spiro atoms. The van der Waals surface area contributed by atoms with Crippen molar-refractivity contribution in [3.63, 3.8) is 0 Å². The number of esters is 1. The van der Waals surface area contributed by atoms with Crippen LogP contribution in [0.1, 0.15) is 23.2 Å². The van der Waals surface area contributed by atoms with Gasteiger partial charge in [-0.15, -0.1) is 0 Å². The van der Waals surface area contributed by atoms with Crippen LogP contribution in [0.5, 0.6) is 0 Å². The molecule has 6 heteroatoms. The van der Waals surface area contributed by atoms with Gasteiger partial charge >= 0.3 is 5.97 Å². The smallest absolute Gasteiger partial charge is 0.338 e. The lowest BCUT2D eigenvalue weighted by molar-refractivity contribution is -0.384. The highest BCUT2D eigenvalue weighted by molar-refractivity contribution is 5.89. The molecule has 1 heterocycles. The van der Waals surface area contributed by atoms with Crippen LogP contribution in [0.2, 0.25) is 0 Å². The van der Waals surface area contributed by atoms with Gasteiger partial charge in [0.2, 0.25) is 0 Å². The normalized spacial score (nSPS) is 15.4. The highest BCUT2D eigenvalue weighted by Gasteiger charge is 2.13. The van der Waals surface area contributed by atoms with Crippen LogP contribution in [-0.4, -0.2) is 42.0 Å². The van der Waals surface area contributed by atoms with E-state index in [9.17, 15) is 14.9 Å². The van der Waals surface area contributed by atoms with Crippen molar-refractivity contribution in [1.82, 2.24) is 4.90 Å². The van der Waals surface area contributed by atoms with E-state index in [1.165, 1.54) is 37.1 Å². The fourth-order valence-corrected chi connectivity index (χ4v) is 2.08. The van der Waals surface area contributed by atoms with Gasteiger partial charge in [0.1, 0.15) is 6.61 Å². The van der Waals surface area contributed by atoms with Gasteiger partial charge < -0.3 is 4.74 Å². The van der Waals surface area contributed by atoms with Crippen LogP contribution in [0.25, 0.3) is 0 Å². The highest BCUT2D eigenvalue weighted by atomic mass is 16.6. The molecule has 1 fully saturated rings. The quantitative estimate of drug-likeness (QED) is 0.461. The molecule has 1 aliphatic rings. The molecular formula is C13H16N2O4. The van der Waals surface area contributed by atoms with Crippen LogP contribution in [0.15, 0.2) is 24.3 Å². The summed E-state index contributed by atoms with van der Waals surface area (Å²) < 4.78 is 5.14. The Bertz CT molecular complexity index is 452. The zero-order valence-corrected chi connectivity index (χ0v) is 10.6. The van der Waals surface area contributed by atoms with Crippen LogP contribution in [0.3, 0.4) is 0 Å². The van der Waals surface area contributed by atoms with Gasteiger partial charge in [-0.1, -0.05) is 0 Å². The molecular weight excluding hydrogens is 248 g/mol. The minimum atomic E-state index is -0.498. The average molecular weight is 264 g/mol. The van der Waals surface area contributed by atoms with Crippen molar-refractivity contribution in [3.05, 3.63) is 39.9 Å². The Balaban J connectivity index is 1.80. The summed E-state index contributed by atoms with van der Waals surface area (Å²) >= 11 is 0. The second kappa shape index (κ2) is 6.29. The molecule has 0 saturated carbocycles. The Kier molecular flexibility index (Phi) is 4.46. The van der Waals surface area contributed by atoms with Crippen molar-refractivity contribution in [2.75, 3.05) is 26.2 Å². The van der Waals surface area contributed by atoms with E-state index >= 15 is 0 Å². The van der Waals surface area contributed by atoms with Crippen molar-refractivity contribution in [2.24, 2.45) is 0 Å². The lowest BCUT2D eigenvalue weighted by Crippen LogP contribution is -2.25. The molecule has 0 aromatic heterocycles. The number of nitro benzene ring substituents is 1.